The summed E-state index contributed by atoms with van der Waals surface area (Å²) < 4.78 is 5.04. The number of hydrogen-bond acceptors (Lipinski definition) is 4. The van der Waals surface area contributed by atoms with Crippen molar-refractivity contribution in [3.63, 3.8) is 0 Å². The van der Waals surface area contributed by atoms with Crippen molar-refractivity contribution in [3.05, 3.63) is 33.3 Å². The topological polar surface area (TPSA) is 47.9 Å². The fourth-order valence-corrected chi connectivity index (χ4v) is 2.20. The first kappa shape index (κ1) is 12.9. The molecule has 0 amide bonds. The number of benzene rings is 1. The number of ether oxygens (including phenoxy) is 1. The smallest absolute Gasteiger partial charge is 0.367 e. The Morgan fingerprint density at radius 2 is 1.94 bits per heavy atom. The Bertz CT molecular complexity index is 556. The van der Waals surface area contributed by atoms with Crippen molar-refractivity contribution >= 4 is 41.0 Å². The lowest BCUT2D eigenvalue weighted by Gasteiger charge is -2.06. The monoisotopic (exact) mass is 285 g/mol. The van der Waals surface area contributed by atoms with Gasteiger partial charge in [0.15, 0.2) is 5.75 Å². The highest BCUT2D eigenvalue weighted by Crippen LogP contribution is 2.34. The van der Waals surface area contributed by atoms with Crippen LogP contribution in [0, 0.1) is 0 Å². The molecule has 0 spiro atoms. The summed E-state index contributed by atoms with van der Waals surface area (Å²) in [6, 6.07) is 3.30. The molecule has 0 saturated heterocycles. The van der Waals surface area contributed by atoms with Gasteiger partial charge in [0.25, 0.3) is 0 Å². The highest BCUT2D eigenvalue weighted by molar-refractivity contribution is 6.37. The summed E-state index contributed by atoms with van der Waals surface area (Å²) in [7, 11) is 1.48. The van der Waals surface area contributed by atoms with Crippen LogP contribution in [0.1, 0.15) is 12.5 Å². The minimum Gasteiger partial charge on any atom is -0.494 e. The molecule has 1 aliphatic rings. The second kappa shape index (κ2) is 5.00. The van der Waals surface area contributed by atoms with E-state index in [1.165, 1.54) is 7.11 Å². The number of halogens is 2. The lowest BCUT2D eigenvalue weighted by molar-refractivity contribution is -0.136. The Labute approximate surface area is 114 Å². The normalized spacial score (nSPS) is 16.8. The predicted molar refractivity (Wildman–Crippen MR) is 70.2 cm³/mol. The SMILES string of the molecule is COc1c(Cl)cc(/C=C2\C(=O)ON=C2C)cc1Cl. The van der Waals surface area contributed by atoms with E-state index in [4.69, 9.17) is 27.9 Å². The van der Waals surface area contributed by atoms with Gasteiger partial charge in [-0.1, -0.05) is 28.4 Å². The van der Waals surface area contributed by atoms with E-state index in [1.807, 2.05) is 0 Å². The molecule has 4 nitrogen and oxygen atoms in total. The van der Waals surface area contributed by atoms with Crippen LogP contribution in [0.3, 0.4) is 0 Å². The first-order chi connectivity index (χ1) is 8.52. The minimum atomic E-state index is -0.490. The maximum Gasteiger partial charge on any atom is 0.367 e. The van der Waals surface area contributed by atoms with Gasteiger partial charge in [-0.3, -0.25) is 0 Å². The fourth-order valence-electron chi connectivity index (χ4n) is 1.54. The number of carbonyl (C=O) groups is 1. The Balaban J connectivity index is 2.45. The van der Waals surface area contributed by atoms with Crippen LogP contribution in [0.5, 0.6) is 5.75 Å². The van der Waals surface area contributed by atoms with Crippen LogP contribution in [-0.2, 0) is 9.63 Å². The van der Waals surface area contributed by atoms with Crippen molar-refractivity contribution in [3.8, 4) is 5.75 Å². The molecule has 18 heavy (non-hydrogen) atoms. The molecule has 1 heterocycles. The third kappa shape index (κ3) is 2.35. The van der Waals surface area contributed by atoms with Crippen molar-refractivity contribution in [2.24, 2.45) is 5.16 Å². The van der Waals surface area contributed by atoms with E-state index in [2.05, 4.69) is 9.99 Å². The quantitative estimate of drug-likeness (QED) is 0.619. The van der Waals surface area contributed by atoms with Crippen molar-refractivity contribution in [2.75, 3.05) is 7.11 Å². The van der Waals surface area contributed by atoms with E-state index in [1.54, 1.807) is 25.1 Å². The Hall–Kier alpha value is -1.52. The van der Waals surface area contributed by atoms with E-state index in [-0.39, 0.29) is 0 Å². The van der Waals surface area contributed by atoms with Crippen LogP contribution in [-0.4, -0.2) is 18.8 Å². The van der Waals surface area contributed by atoms with Crippen LogP contribution < -0.4 is 4.74 Å². The van der Waals surface area contributed by atoms with E-state index in [9.17, 15) is 4.79 Å². The summed E-state index contributed by atoms with van der Waals surface area (Å²) in [6.07, 6.45) is 1.62. The van der Waals surface area contributed by atoms with Gasteiger partial charge >= 0.3 is 5.97 Å². The molecule has 1 aromatic rings. The molecule has 0 unspecified atom stereocenters. The summed E-state index contributed by atoms with van der Waals surface area (Å²) in [5.41, 5.74) is 1.57. The van der Waals surface area contributed by atoms with Crippen molar-refractivity contribution in [1.29, 1.82) is 0 Å². The van der Waals surface area contributed by atoms with Crippen LogP contribution in [0.4, 0.5) is 0 Å². The maximum atomic E-state index is 11.4. The second-order valence-electron chi connectivity index (χ2n) is 3.63. The van der Waals surface area contributed by atoms with Crippen LogP contribution in [0.15, 0.2) is 22.9 Å². The molecule has 0 bridgehead atoms. The van der Waals surface area contributed by atoms with Crippen molar-refractivity contribution in [1.82, 2.24) is 0 Å². The third-order valence-electron chi connectivity index (χ3n) is 2.41. The fraction of sp³-hybridized carbons (Fsp3) is 0.167. The van der Waals surface area contributed by atoms with Gasteiger partial charge in [-0.2, -0.15) is 0 Å². The van der Waals surface area contributed by atoms with Gasteiger partial charge in [0, 0.05) is 0 Å². The zero-order chi connectivity index (χ0) is 13.3. The highest BCUT2D eigenvalue weighted by Gasteiger charge is 2.22. The summed E-state index contributed by atoms with van der Waals surface area (Å²) in [5.74, 6) is -0.0876. The molecule has 0 N–H and O–H groups in total. The minimum absolute atomic E-state index is 0.373. The van der Waals surface area contributed by atoms with Crippen molar-refractivity contribution < 1.29 is 14.4 Å². The summed E-state index contributed by atoms with van der Waals surface area (Å²) in [6.45, 7) is 1.68. The van der Waals surface area contributed by atoms with E-state index in [0.29, 0.717) is 32.6 Å². The zero-order valence-corrected chi connectivity index (χ0v) is 11.2. The first-order valence-corrected chi connectivity index (χ1v) is 5.79. The molecule has 1 aromatic carbocycles. The number of methoxy groups -OCH3 is 1. The van der Waals surface area contributed by atoms with Gasteiger partial charge < -0.3 is 9.57 Å². The van der Waals surface area contributed by atoms with Crippen molar-refractivity contribution in [2.45, 2.75) is 6.92 Å². The van der Waals surface area contributed by atoms with Gasteiger partial charge in [0.05, 0.1) is 28.4 Å². The summed E-state index contributed by atoms with van der Waals surface area (Å²) in [4.78, 5) is 15.9. The van der Waals surface area contributed by atoms with Crippen LogP contribution in [0.25, 0.3) is 6.08 Å². The molecular weight excluding hydrogens is 277 g/mol. The zero-order valence-electron chi connectivity index (χ0n) is 9.66. The van der Waals surface area contributed by atoms with Crippen LogP contribution >= 0.6 is 23.2 Å². The molecule has 0 saturated carbocycles. The summed E-state index contributed by atoms with van der Waals surface area (Å²) >= 11 is 12.0. The van der Waals surface area contributed by atoms with Crippen LogP contribution in [0.2, 0.25) is 10.0 Å². The molecule has 0 fully saturated rings. The van der Waals surface area contributed by atoms with Gasteiger partial charge in [0.2, 0.25) is 0 Å². The molecular formula is C12H9Cl2NO3. The maximum absolute atomic E-state index is 11.4. The number of nitrogens with zero attached hydrogens (tertiary/aromatic N) is 1. The third-order valence-corrected chi connectivity index (χ3v) is 2.97. The average molecular weight is 286 g/mol. The first-order valence-electron chi connectivity index (χ1n) is 5.04. The van der Waals surface area contributed by atoms with Gasteiger partial charge in [-0.15, -0.1) is 0 Å². The van der Waals surface area contributed by atoms with Gasteiger partial charge in [-0.25, -0.2) is 4.79 Å². The molecule has 0 aromatic heterocycles. The van der Waals surface area contributed by atoms with E-state index in [0.717, 1.165) is 0 Å². The number of oxime groups is 1. The lowest BCUT2D eigenvalue weighted by Crippen LogP contribution is -2.01. The summed E-state index contributed by atoms with van der Waals surface area (Å²) in [5, 5.41) is 4.33. The number of hydrogen-bond donors (Lipinski definition) is 0. The standard InChI is InChI=1S/C12H9Cl2NO3/c1-6-8(12(16)18-15-6)3-7-4-9(13)11(17-2)10(14)5-7/h3-5H,1-2H3/b8-3-. The molecule has 0 atom stereocenters. The Morgan fingerprint density at radius 1 is 1.33 bits per heavy atom. The predicted octanol–water partition coefficient (Wildman–Crippen LogP) is 3.32. The van der Waals surface area contributed by atoms with E-state index >= 15 is 0 Å². The molecule has 0 aliphatic carbocycles. The Kier molecular flexibility index (Phi) is 3.59. The lowest BCUT2D eigenvalue weighted by atomic mass is 10.1. The second-order valence-corrected chi connectivity index (χ2v) is 4.45. The molecule has 94 valence electrons. The molecule has 0 radical (unpaired) electrons. The largest absolute Gasteiger partial charge is 0.494 e. The molecule has 6 heteroatoms. The Morgan fingerprint density at radius 3 is 2.39 bits per heavy atom. The van der Waals surface area contributed by atoms with E-state index < -0.39 is 5.97 Å². The highest BCUT2D eigenvalue weighted by atomic mass is 35.5. The average Bonchev–Trinajstić information content (AvgIpc) is 2.60. The number of rotatable bonds is 2. The molecule has 2 rings (SSSR count). The molecule has 1 aliphatic heterocycles. The number of carbonyl (C=O) groups excluding carboxylic acids is 1. The van der Waals surface area contributed by atoms with Gasteiger partial charge in [-0.05, 0) is 30.7 Å². The van der Waals surface area contributed by atoms with Gasteiger partial charge in [0.1, 0.15) is 0 Å².